The van der Waals surface area contributed by atoms with Gasteiger partial charge in [-0.2, -0.15) is 0 Å². The third kappa shape index (κ3) is 2.46. The number of hydrogen-bond donors (Lipinski definition) is 1. The summed E-state index contributed by atoms with van der Waals surface area (Å²) in [7, 11) is 0. The van der Waals surface area contributed by atoms with Crippen LogP contribution >= 0.6 is 0 Å². The summed E-state index contributed by atoms with van der Waals surface area (Å²) in [6.45, 7) is 11.3. The minimum absolute atomic E-state index is 0.240. The number of carbonyl (C=O) groups excluding carboxylic acids is 2. The average molecular weight is 273 g/mol. The highest BCUT2D eigenvalue weighted by atomic mass is 16.5. The Morgan fingerprint density at radius 2 is 1.75 bits per heavy atom. The van der Waals surface area contributed by atoms with Crippen molar-refractivity contribution >= 4 is 25.0 Å². The molecule has 1 aliphatic carbocycles. The van der Waals surface area contributed by atoms with Gasteiger partial charge in [-0.15, -0.1) is 0 Å². The lowest BCUT2D eigenvalue weighted by atomic mass is 9.95. The first kappa shape index (κ1) is 14.3. The molecule has 4 heteroatoms. The number of amides is 1. The number of nitrogens with one attached hydrogen (secondary N) is 1. The van der Waals surface area contributed by atoms with Crippen molar-refractivity contribution in [2.45, 2.75) is 32.2 Å². The van der Waals surface area contributed by atoms with Crippen molar-refractivity contribution in [3.05, 3.63) is 33.7 Å². The lowest BCUT2D eigenvalue weighted by molar-refractivity contribution is -0.152. The number of fused-ring (bicyclic) bond motifs is 1. The normalized spacial score (nSPS) is 15.5. The Kier molecular flexibility index (Phi) is 3.66. The minimum atomic E-state index is -0.996. The van der Waals surface area contributed by atoms with Gasteiger partial charge in [-0.1, -0.05) is 25.3 Å². The van der Waals surface area contributed by atoms with Gasteiger partial charge in [0.2, 0.25) is 5.91 Å². The molecule has 2 rings (SSSR count). The van der Waals surface area contributed by atoms with E-state index in [-0.39, 0.29) is 18.5 Å². The Labute approximate surface area is 118 Å². The van der Waals surface area contributed by atoms with E-state index in [1.54, 1.807) is 6.92 Å². The monoisotopic (exact) mass is 273 g/mol. The molecule has 1 N–H and O–H groups in total. The van der Waals surface area contributed by atoms with Crippen LogP contribution in [0.4, 0.5) is 0 Å². The zero-order valence-corrected chi connectivity index (χ0v) is 11.9. The van der Waals surface area contributed by atoms with Crippen LogP contribution in [0.15, 0.2) is 12.1 Å². The van der Waals surface area contributed by atoms with Crippen molar-refractivity contribution in [2.75, 3.05) is 6.61 Å². The largest absolute Gasteiger partial charge is 0.464 e. The summed E-state index contributed by atoms with van der Waals surface area (Å²) in [4.78, 5) is 23.7. The average Bonchev–Trinajstić information content (AvgIpc) is 2.68. The van der Waals surface area contributed by atoms with Crippen molar-refractivity contribution in [1.29, 1.82) is 0 Å². The highest BCUT2D eigenvalue weighted by Crippen LogP contribution is 2.29. The molecule has 0 aliphatic heterocycles. The molecular weight excluding hydrogens is 254 g/mol. The number of esters is 1. The SMILES string of the molecule is C=c1cc2c(cc1=C)CC(NC(C)=O)(C(=O)OCC)C2. The topological polar surface area (TPSA) is 55.4 Å². The van der Waals surface area contributed by atoms with Crippen LogP contribution in [0.1, 0.15) is 25.0 Å². The number of ether oxygens (including phenoxy) is 1. The number of hydrogen-bond acceptors (Lipinski definition) is 3. The molecular formula is C16H19NO3. The molecule has 1 aromatic rings. The molecule has 0 fully saturated rings. The predicted molar refractivity (Wildman–Crippen MR) is 77.3 cm³/mol. The van der Waals surface area contributed by atoms with Gasteiger partial charge in [0.15, 0.2) is 0 Å². The number of carbonyl (C=O) groups is 2. The maximum atomic E-state index is 12.3. The first-order valence-corrected chi connectivity index (χ1v) is 6.63. The molecule has 0 spiro atoms. The van der Waals surface area contributed by atoms with E-state index in [0.29, 0.717) is 12.8 Å². The van der Waals surface area contributed by atoms with Gasteiger partial charge in [-0.25, -0.2) is 4.79 Å². The molecule has 0 saturated heterocycles. The summed E-state index contributed by atoms with van der Waals surface area (Å²) < 4.78 is 5.14. The number of rotatable bonds is 3. The molecule has 0 saturated carbocycles. The smallest absolute Gasteiger partial charge is 0.332 e. The Bertz CT molecular complexity index is 624. The second kappa shape index (κ2) is 5.12. The third-order valence-electron chi connectivity index (χ3n) is 3.59. The first-order valence-electron chi connectivity index (χ1n) is 6.63. The Hall–Kier alpha value is -2.10. The predicted octanol–water partition coefficient (Wildman–Crippen LogP) is 0.0438. The van der Waals surface area contributed by atoms with E-state index >= 15 is 0 Å². The first-order chi connectivity index (χ1) is 9.38. The van der Waals surface area contributed by atoms with E-state index in [2.05, 4.69) is 18.5 Å². The molecule has 0 unspecified atom stereocenters. The third-order valence-corrected chi connectivity index (χ3v) is 3.59. The molecule has 1 aromatic carbocycles. The van der Waals surface area contributed by atoms with Crippen LogP contribution < -0.4 is 15.8 Å². The van der Waals surface area contributed by atoms with Gasteiger partial charge in [0, 0.05) is 19.8 Å². The molecule has 0 atom stereocenters. The van der Waals surface area contributed by atoms with E-state index in [0.717, 1.165) is 21.6 Å². The molecule has 1 aliphatic rings. The quantitative estimate of drug-likeness (QED) is 0.791. The molecule has 0 heterocycles. The maximum absolute atomic E-state index is 12.3. The molecule has 0 aromatic heterocycles. The molecule has 1 amide bonds. The lowest BCUT2D eigenvalue weighted by Gasteiger charge is -2.27. The molecule has 0 radical (unpaired) electrons. The fraction of sp³-hybridized carbons (Fsp3) is 0.375. The zero-order chi connectivity index (χ0) is 14.9. The second-order valence-electron chi connectivity index (χ2n) is 5.23. The Morgan fingerprint density at radius 3 is 2.15 bits per heavy atom. The summed E-state index contributed by atoms with van der Waals surface area (Å²) in [6.07, 6.45) is 0.868. The van der Waals surface area contributed by atoms with Crippen LogP contribution in [0.25, 0.3) is 13.2 Å². The fourth-order valence-corrected chi connectivity index (χ4v) is 2.72. The lowest BCUT2D eigenvalue weighted by Crippen LogP contribution is -2.55. The van der Waals surface area contributed by atoms with Gasteiger partial charge in [-0.3, -0.25) is 4.79 Å². The van der Waals surface area contributed by atoms with Crippen LogP contribution in [0.3, 0.4) is 0 Å². The number of benzene rings is 1. The van der Waals surface area contributed by atoms with Gasteiger partial charge >= 0.3 is 5.97 Å². The van der Waals surface area contributed by atoms with Crippen LogP contribution in [0.2, 0.25) is 0 Å². The van der Waals surface area contributed by atoms with E-state index in [1.807, 2.05) is 12.1 Å². The summed E-state index contributed by atoms with van der Waals surface area (Å²) in [5.74, 6) is -0.627. The summed E-state index contributed by atoms with van der Waals surface area (Å²) in [5.41, 5.74) is 1.04. The summed E-state index contributed by atoms with van der Waals surface area (Å²) >= 11 is 0. The van der Waals surface area contributed by atoms with E-state index in [1.165, 1.54) is 6.92 Å². The van der Waals surface area contributed by atoms with Gasteiger partial charge in [0.25, 0.3) is 0 Å². The Balaban J connectivity index is 2.43. The zero-order valence-electron chi connectivity index (χ0n) is 11.9. The van der Waals surface area contributed by atoms with Gasteiger partial charge in [-0.05, 0) is 28.5 Å². The Morgan fingerprint density at radius 1 is 1.25 bits per heavy atom. The van der Waals surface area contributed by atoms with Crippen molar-refractivity contribution in [3.8, 4) is 0 Å². The minimum Gasteiger partial charge on any atom is -0.464 e. The van der Waals surface area contributed by atoms with Crippen molar-refractivity contribution < 1.29 is 14.3 Å². The molecule has 106 valence electrons. The van der Waals surface area contributed by atoms with Crippen molar-refractivity contribution in [3.63, 3.8) is 0 Å². The molecule has 20 heavy (non-hydrogen) atoms. The summed E-state index contributed by atoms with van der Waals surface area (Å²) in [5, 5.41) is 4.45. The van der Waals surface area contributed by atoms with Crippen LogP contribution in [0.5, 0.6) is 0 Å². The van der Waals surface area contributed by atoms with E-state index in [4.69, 9.17) is 4.74 Å². The van der Waals surface area contributed by atoms with Crippen LogP contribution in [0, 0.1) is 0 Å². The molecule has 4 nitrogen and oxygen atoms in total. The second-order valence-corrected chi connectivity index (χ2v) is 5.23. The van der Waals surface area contributed by atoms with Gasteiger partial charge in [0.05, 0.1) is 6.61 Å². The van der Waals surface area contributed by atoms with Crippen molar-refractivity contribution in [2.24, 2.45) is 0 Å². The fourth-order valence-electron chi connectivity index (χ4n) is 2.72. The standard InChI is InChI=1S/C16H19NO3/c1-5-20-15(19)16(17-12(4)18)8-13-6-10(2)11(3)7-14(13)9-16/h6-7H,2-3,5,8-9H2,1,4H3,(H,17,18). The van der Waals surface area contributed by atoms with E-state index in [9.17, 15) is 9.59 Å². The highest BCUT2D eigenvalue weighted by Gasteiger charge is 2.45. The highest BCUT2D eigenvalue weighted by molar-refractivity contribution is 5.89. The van der Waals surface area contributed by atoms with Gasteiger partial charge in [0.1, 0.15) is 5.54 Å². The molecule has 0 bridgehead atoms. The summed E-state index contributed by atoms with van der Waals surface area (Å²) in [6, 6.07) is 3.86. The van der Waals surface area contributed by atoms with Crippen molar-refractivity contribution in [1.82, 2.24) is 5.32 Å². The van der Waals surface area contributed by atoms with E-state index < -0.39 is 5.54 Å². The van der Waals surface area contributed by atoms with Crippen LogP contribution in [-0.2, 0) is 27.2 Å². The van der Waals surface area contributed by atoms with Crippen LogP contribution in [-0.4, -0.2) is 24.0 Å². The van der Waals surface area contributed by atoms with Gasteiger partial charge < -0.3 is 10.1 Å². The maximum Gasteiger partial charge on any atom is 0.332 e.